The molecular weight excluding hydrogens is 272 g/mol. The normalized spacial score (nSPS) is 16.5. The van der Waals surface area contributed by atoms with Crippen molar-refractivity contribution >= 4 is 27.3 Å². The molecule has 100 valence electrons. The smallest absolute Gasteiger partial charge is 0.214 e. The van der Waals surface area contributed by atoms with Gasteiger partial charge in [-0.25, -0.2) is 8.42 Å². The third kappa shape index (κ3) is 2.96. The van der Waals surface area contributed by atoms with Crippen LogP contribution in [0.2, 0.25) is 0 Å². The van der Waals surface area contributed by atoms with E-state index >= 15 is 0 Å². The highest BCUT2D eigenvalue weighted by Crippen LogP contribution is 2.23. The van der Waals surface area contributed by atoms with Crippen LogP contribution in [0.25, 0.3) is 0 Å². The summed E-state index contributed by atoms with van der Waals surface area (Å²) in [5, 5.41) is 0. The van der Waals surface area contributed by atoms with Crippen molar-refractivity contribution in [1.29, 1.82) is 0 Å². The highest BCUT2D eigenvalue weighted by Gasteiger charge is 2.26. The van der Waals surface area contributed by atoms with Crippen LogP contribution in [0.3, 0.4) is 0 Å². The average molecular weight is 289 g/mol. The third-order valence-corrected chi connectivity index (χ3v) is 5.31. The number of sulfonamides is 1. The molecule has 0 saturated carbocycles. The Bertz CT molecular complexity index is 531. The fraction of sp³-hybridized carbons (Fsp3) is 0.500. The van der Waals surface area contributed by atoms with E-state index in [-0.39, 0.29) is 5.75 Å². The van der Waals surface area contributed by atoms with Gasteiger partial charge in [-0.05, 0) is 36.1 Å². The van der Waals surface area contributed by atoms with Gasteiger partial charge in [0.1, 0.15) is 0 Å². The Morgan fingerprint density at radius 2 is 2.11 bits per heavy atom. The standard InChI is InChI=1S/C12H17ClN2O2S/c13-5-1-7-18(16,17)15-6-4-10-8-12(14)3-2-11(10)9-15/h2-3,8H,1,4-7,9,14H2. The van der Waals surface area contributed by atoms with E-state index in [1.807, 2.05) is 18.2 Å². The second-order valence-corrected chi connectivity index (χ2v) is 6.94. The first-order valence-electron chi connectivity index (χ1n) is 5.94. The summed E-state index contributed by atoms with van der Waals surface area (Å²) in [6.45, 7) is 0.974. The molecule has 0 spiro atoms. The highest BCUT2D eigenvalue weighted by atomic mass is 35.5. The number of alkyl halides is 1. The van der Waals surface area contributed by atoms with Crippen LogP contribution in [0.5, 0.6) is 0 Å². The van der Waals surface area contributed by atoms with Gasteiger partial charge in [0.25, 0.3) is 0 Å². The number of nitrogens with two attached hydrogens (primary N) is 1. The van der Waals surface area contributed by atoms with Crippen LogP contribution in [0.15, 0.2) is 18.2 Å². The van der Waals surface area contributed by atoms with E-state index in [4.69, 9.17) is 17.3 Å². The second kappa shape index (κ2) is 5.47. The van der Waals surface area contributed by atoms with Gasteiger partial charge in [0.05, 0.1) is 5.75 Å². The Hall–Kier alpha value is -0.780. The maximum absolute atomic E-state index is 12.1. The molecule has 0 atom stereocenters. The second-order valence-electron chi connectivity index (χ2n) is 4.47. The van der Waals surface area contributed by atoms with Crippen molar-refractivity contribution in [3.05, 3.63) is 29.3 Å². The number of hydrogen-bond donors (Lipinski definition) is 1. The summed E-state index contributed by atoms with van der Waals surface area (Å²) >= 11 is 5.55. The molecule has 2 rings (SSSR count). The van der Waals surface area contributed by atoms with Crippen molar-refractivity contribution in [1.82, 2.24) is 4.31 Å². The minimum absolute atomic E-state index is 0.126. The average Bonchev–Trinajstić information content (AvgIpc) is 2.35. The number of nitrogen functional groups attached to an aromatic ring is 1. The molecule has 0 saturated heterocycles. The Morgan fingerprint density at radius 1 is 1.33 bits per heavy atom. The predicted molar refractivity (Wildman–Crippen MR) is 74.1 cm³/mol. The molecule has 0 aromatic heterocycles. The minimum atomic E-state index is -3.18. The van der Waals surface area contributed by atoms with E-state index in [1.165, 1.54) is 4.31 Å². The number of halogens is 1. The molecule has 0 fully saturated rings. The van der Waals surface area contributed by atoms with Crippen molar-refractivity contribution in [2.45, 2.75) is 19.4 Å². The molecule has 1 aromatic carbocycles. The zero-order chi connectivity index (χ0) is 13.2. The van der Waals surface area contributed by atoms with Crippen LogP contribution in [0, 0.1) is 0 Å². The van der Waals surface area contributed by atoms with Gasteiger partial charge in [0, 0.05) is 24.7 Å². The number of benzene rings is 1. The number of anilines is 1. The van der Waals surface area contributed by atoms with E-state index in [9.17, 15) is 8.42 Å². The Balaban J connectivity index is 2.14. The number of nitrogens with zero attached hydrogens (tertiary/aromatic N) is 1. The van der Waals surface area contributed by atoms with E-state index in [0.717, 1.165) is 23.2 Å². The van der Waals surface area contributed by atoms with E-state index in [1.54, 1.807) is 0 Å². The lowest BCUT2D eigenvalue weighted by Crippen LogP contribution is -2.37. The molecule has 1 aliphatic heterocycles. The van der Waals surface area contributed by atoms with E-state index in [2.05, 4.69) is 0 Å². The van der Waals surface area contributed by atoms with Gasteiger partial charge in [-0.2, -0.15) is 4.31 Å². The summed E-state index contributed by atoms with van der Waals surface area (Å²) in [5.41, 5.74) is 8.65. The van der Waals surface area contributed by atoms with Crippen LogP contribution >= 0.6 is 11.6 Å². The van der Waals surface area contributed by atoms with Crippen molar-refractivity contribution in [2.75, 3.05) is 23.9 Å². The maximum Gasteiger partial charge on any atom is 0.214 e. The van der Waals surface area contributed by atoms with Gasteiger partial charge in [0.2, 0.25) is 10.0 Å². The largest absolute Gasteiger partial charge is 0.399 e. The van der Waals surface area contributed by atoms with Crippen molar-refractivity contribution in [3.8, 4) is 0 Å². The Kier molecular flexibility index (Phi) is 4.14. The van der Waals surface area contributed by atoms with Crippen LogP contribution in [-0.4, -0.2) is 30.9 Å². The van der Waals surface area contributed by atoms with Crippen LogP contribution in [0.4, 0.5) is 5.69 Å². The van der Waals surface area contributed by atoms with Crippen LogP contribution < -0.4 is 5.73 Å². The molecule has 1 aromatic rings. The SMILES string of the molecule is Nc1ccc2c(c1)CCN(S(=O)(=O)CCCCl)C2. The van der Waals surface area contributed by atoms with Crippen molar-refractivity contribution < 1.29 is 8.42 Å². The van der Waals surface area contributed by atoms with Crippen molar-refractivity contribution in [3.63, 3.8) is 0 Å². The molecule has 1 aliphatic rings. The number of hydrogen-bond acceptors (Lipinski definition) is 3. The van der Waals surface area contributed by atoms with Gasteiger partial charge >= 0.3 is 0 Å². The first-order chi connectivity index (χ1) is 8.53. The maximum atomic E-state index is 12.1. The molecule has 2 N–H and O–H groups in total. The first-order valence-corrected chi connectivity index (χ1v) is 8.08. The zero-order valence-electron chi connectivity index (χ0n) is 10.1. The fourth-order valence-corrected chi connectivity index (χ4v) is 3.92. The Morgan fingerprint density at radius 3 is 2.83 bits per heavy atom. The van der Waals surface area contributed by atoms with Crippen LogP contribution in [0.1, 0.15) is 17.5 Å². The third-order valence-electron chi connectivity index (χ3n) is 3.14. The fourth-order valence-electron chi connectivity index (χ4n) is 2.15. The number of rotatable bonds is 4. The van der Waals surface area contributed by atoms with Crippen molar-refractivity contribution in [2.24, 2.45) is 0 Å². The minimum Gasteiger partial charge on any atom is -0.399 e. The quantitative estimate of drug-likeness (QED) is 0.676. The van der Waals surface area contributed by atoms with E-state index < -0.39 is 10.0 Å². The highest BCUT2D eigenvalue weighted by molar-refractivity contribution is 7.89. The zero-order valence-corrected chi connectivity index (χ0v) is 11.7. The molecule has 6 heteroatoms. The lowest BCUT2D eigenvalue weighted by Gasteiger charge is -2.28. The molecule has 0 bridgehead atoms. The summed E-state index contributed by atoms with van der Waals surface area (Å²) in [5.74, 6) is 0.501. The summed E-state index contributed by atoms with van der Waals surface area (Å²) in [7, 11) is -3.18. The number of fused-ring (bicyclic) bond motifs is 1. The lowest BCUT2D eigenvalue weighted by atomic mass is 10.0. The molecule has 0 unspecified atom stereocenters. The first kappa shape index (κ1) is 13.6. The van der Waals surface area contributed by atoms with E-state index in [0.29, 0.717) is 25.4 Å². The molecule has 1 heterocycles. The lowest BCUT2D eigenvalue weighted by molar-refractivity contribution is 0.391. The molecule has 0 aliphatic carbocycles. The summed E-state index contributed by atoms with van der Waals surface area (Å²) in [6, 6.07) is 5.65. The molecule has 18 heavy (non-hydrogen) atoms. The molecule has 4 nitrogen and oxygen atoms in total. The molecular formula is C12H17ClN2O2S. The van der Waals surface area contributed by atoms with Gasteiger partial charge in [-0.1, -0.05) is 6.07 Å². The monoisotopic (exact) mass is 288 g/mol. The summed E-state index contributed by atoms with van der Waals surface area (Å²) in [4.78, 5) is 0. The van der Waals surface area contributed by atoms with Crippen LogP contribution in [-0.2, 0) is 23.0 Å². The van der Waals surface area contributed by atoms with Gasteiger partial charge < -0.3 is 5.73 Å². The van der Waals surface area contributed by atoms with Gasteiger partial charge in [-0.15, -0.1) is 11.6 Å². The van der Waals surface area contributed by atoms with Gasteiger partial charge in [0.15, 0.2) is 0 Å². The molecule has 0 radical (unpaired) electrons. The Labute approximate surface area is 113 Å². The predicted octanol–water partition coefficient (Wildman–Crippen LogP) is 1.59. The van der Waals surface area contributed by atoms with Gasteiger partial charge in [-0.3, -0.25) is 0 Å². The summed E-state index contributed by atoms with van der Waals surface area (Å²) < 4.78 is 25.7. The summed E-state index contributed by atoms with van der Waals surface area (Å²) in [6.07, 6.45) is 1.22. The topological polar surface area (TPSA) is 63.4 Å². The molecule has 0 amide bonds.